The minimum atomic E-state index is -0.207. The van der Waals surface area contributed by atoms with Gasteiger partial charge in [-0.3, -0.25) is 9.59 Å². The van der Waals surface area contributed by atoms with Gasteiger partial charge in [0.15, 0.2) is 11.5 Å². The summed E-state index contributed by atoms with van der Waals surface area (Å²) in [4.78, 5) is 27.9. The van der Waals surface area contributed by atoms with Gasteiger partial charge in [-0.1, -0.05) is 0 Å². The molecular weight excluding hydrogens is 310 g/mol. The van der Waals surface area contributed by atoms with Gasteiger partial charge in [0, 0.05) is 38.6 Å². The second-order valence-electron chi connectivity index (χ2n) is 5.90. The van der Waals surface area contributed by atoms with Gasteiger partial charge in [0.2, 0.25) is 11.8 Å². The highest BCUT2D eigenvalue weighted by Gasteiger charge is 2.16. The lowest BCUT2D eigenvalue weighted by atomic mass is 10.2. The van der Waals surface area contributed by atoms with Crippen LogP contribution in [-0.2, 0) is 14.3 Å². The van der Waals surface area contributed by atoms with E-state index in [-0.39, 0.29) is 30.8 Å². The van der Waals surface area contributed by atoms with Crippen molar-refractivity contribution in [1.82, 2.24) is 10.3 Å². The zero-order valence-corrected chi connectivity index (χ0v) is 13.6. The number of benzene rings is 1. The number of nitrogens with zero attached hydrogens (tertiary/aromatic N) is 1. The Hall–Kier alpha value is -2.41. The number of ether oxygens (including phenoxy) is 1. The molecule has 0 radical (unpaired) electrons. The standard InChI is InChI=1S/C17H21N3O4/c1-11-19-14-9-12(4-5-15(14)24-11)20-17(22)7-6-16(21)18-10-13-3-2-8-23-13/h4-5,9,13H,2-3,6-8,10H2,1H3,(H,18,21)(H,20,22). The molecule has 1 fully saturated rings. The number of hydrogen-bond donors (Lipinski definition) is 2. The number of aromatic nitrogens is 1. The zero-order chi connectivity index (χ0) is 16.9. The van der Waals surface area contributed by atoms with E-state index in [2.05, 4.69) is 15.6 Å². The Bertz CT molecular complexity index is 735. The van der Waals surface area contributed by atoms with E-state index in [0.29, 0.717) is 29.2 Å². The summed E-state index contributed by atoms with van der Waals surface area (Å²) >= 11 is 0. The predicted molar refractivity (Wildman–Crippen MR) is 88.6 cm³/mol. The molecule has 24 heavy (non-hydrogen) atoms. The van der Waals surface area contributed by atoms with E-state index in [1.54, 1.807) is 25.1 Å². The van der Waals surface area contributed by atoms with E-state index in [1.165, 1.54) is 0 Å². The molecule has 1 unspecified atom stereocenters. The molecule has 1 atom stereocenters. The minimum absolute atomic E-state index is 0.112. The summed E-state index contributed by atoms with van der Waals surface area (Å²) in [5.74, 6) is 0.237. The third kappa shape index (κ3) is 4.32. The summed E-state index contributed by atoms with van der Waals surface area (Å²) < 4.78 is 10.8. The Kier molecular flexibility index (Phi) is 5.10. The molecule has 1 saturated heterocycles. The number of anilines is 1. The van der Waals surface area contributed by atoms with Gasteiger partial charge in [-0.25, -0.2) is 4.98 Å². The Morgan fingerprint density at radius 3 is 2.92 bits per heavy atom. The van der Waals surface area contributed by atoms with Crippen LogP contribution in [-0.4, -0.2) is 36.1 Å². The van der Waals surface area contributed by atoms with Crippen LogP contribution in [0.25, 0.3) is 11.1 Å². The van der Waals surface area contributed by atoms with Crippen LogP contribution in [0, 0.1) is 6.92 Å². The maximum Gasteiger partial charge on any atom is 0.224 e. The smallest absolute Gasteiger partial charge is 0.224 e. The number of nitrogens with one attached hydrogen (secondary N) is 2. The number of carbonyl (C=O) groups excluding carboxylic acids is 2. The quantitative estimate of drug-likeness (QED) is 0.846. The van der Waals surface area contributed by atoms with Crippen molar-refractivity contribution in [1.29, 1.82) is 0 Å². The molecule has 2 N–H and O–H groups in total. The van der Waals surface area contributed by atoms with E-state index in [1.807, 2.05) is 0 Å². The van der Waals surface area contributed by atoms with Crippen LogP contribution in [0.15, 0.2) is 22.6 Å². The highest BCUT2D eigenvalue weighted by molar-refractivity contribution is 5.94. The van der Waals surface area contributed by atoms with Crippen LogP contribution < -0.4 is 10.6 Å². The molecule has 2 amide bonds. The predicted octanol–water partition coefficient (Wildman–Crippen LogP) is 2.15. The Labute approximate surface area is 139 Å². The third-order valence-electron chi connectivity index (χ3n) is 3.91. The normalized spacial score (nSPS) is 17.1. The topological polar surface area (TPSA) is 93.5 Å². The van der Waals surface area contributed by atoms with Crippen molar-refractivity contribution in [2.45, 2.75) is 38.7 Å². The molecule has 2 heterocycles. The van der Waals surface area contributed by atoms with E-state index in [4.69, 9.17) is 9.15 Å². The lowest BCUT2D eigenvalue weighted by Crippen LogP contribution is -2.32. The number of amides is 2. The number of carbonyl (C=O) groups is 2. The molecule has 2 aromatic rings. The first kappa shape index (κ1) is 16.4. The van der Waals surface area contributed by atoms with Crippen molar-refractivity contribution >= 4 is 28.6 Å². The number of fused-ring (bicyclic) bond motifs is 1. The molecular formula is C17H21N3O4. The van der Waals surface area contributed by atoms with Gasteiger partial charge < -0.3 is 19.8 Å². The summed E-state index contributed by atoms with van der Waals surface area (Å²) in [6, 6.07) is 5.27. The van der Waals surface area contributed by atoms with Crippen LogP contribution in [0.1, 0.15) is 31.6 Å². The monoisotopic (exact) mass is 331 g/mol. The summed E-state index contributed by atoms with van der Waals surface area (Å²) in [5.41, 5.74) is 2.01. The molecule has 1 aromatic carbocycles. The maximum absolute atomic E-state index is 12.0. The van der Waals surface area contributed by atoms with Crippen LogP contribution in [0.4, 0.5) is 5.69 Å². The summed E-state index contributed by atoms with van der Waals surface area (Å²) in [5, 5.41) is 5.58. The van der Waals surface area contributed by atoms with Gasteiger partial charge >= 0.3 is 0 Å². The summed E-state index contributed by atoms with van der Waals surface area (Å²) in [6.07, 6.45) is 2.42. The molecule has 7 heteroatoms. The summed E-state index contributed by atoms with van der Waals surface area (Å²) in [7, 11) is 0. The molecule has 0 bridgehead atoms. The Morgan fingerprint density at radius 2 is 2.12 bits per heavy atom. The molecule has 1 aliphatic heterocycles. The third-order valence-corrected chi connectivity index (χ3v) is 3.91. The molecule has 3 rings (SSSR count). The number of hydrogen-bond acceptors (Lipinski definition) is 5. The van der Waals surface area contributed by atoms with Crippen molar-refractivity contribution in [2.75, 3.05) is 18.5 Å². The van der Waals surface area contributed by atoms with E-state index >= 15 is 0 Å². The van der Waals surface area contributed by atoms with Gasteiger partial charge in [0.05, 0.1) is 6.10 Å². The fourth-order valence-corrected chi connectivity index (χ4v) is 2.69. The Morgan fingerprint density at radius 1 is 1.29 bits per heavy atom. The average molecular weight is 331 g/mol. The molecule has 0 spiro atoms. The van der Waals surface area contributed by atoms with E-state index < -0.39 is 0 Å². The van der Waals surface area contributed by atoms with E-state index in [0.717, 1.165) is 19.4 Å². The highest BCUT2D eigenvalue weighted by Crippen LogP contribution is 2.19. The molecule has 0 saturated carbocycles. The van der Waals surface area contributed by atoms with Gasteiger partial charge in [-0.15, -0.1) is 0 Å². The number of rotatable bonds is 6. The second-order valence-corrected chi connectivity index (χ2v) is 5.90. The summed E-state index contributed by atoms with van der Waals surface area (Å²) in [6.45, 7) is 3.05. The minimum Gasteiger partial charge on any atom is -0.441 e. The van der Waals surface area contributed by atoms with Crippen molar-refractivity contribution in [3.8, 4) is 0 Å². The lowest BCUT2D eigenvalue weighted by Gasteiger charge is -2.10. The molecule has 128 valence electrons. The molecule has 7 nitrogen and oxygen atoms in total. The van der Waals surface area contributed by atoms with Gasteiger partial charge in [0.25, 0.3) is 0 Å². The van der Waals surface area contributed by atoms with Crippen LogP contribution in [0.5, 0.6) is 0 Å². The maximum atomic E-state index is 12.0. The Balaban J connectivity index is 1.43. The number of oxazole rings is 1. The van der Waals surface area contributed by atoms with Gasteiger partial charge in [0.1, 0.15) is 5.52 Å². The van der Waals surface area contributed by atoms with Crippen molar-refractivity contribution in [2.24, 2.45) is 0 Å². The van der Waals surface area contributed by atoms with Gasteiger partial charge in [-0.2, -0.15) is 0 Å². The van der Waals surface area contributed by atoms with E-state index in [9.17, 15) is 9.59 Å². The SMILES string of the molecule is Cc1nc2cc(NC(=O)CCC(=O)NCC3CCCO3)ccc2o1. The first-order valence-corrected chi connectivity index (χ1v) is 8.15. The first-order valence-electron chi connectivity index (χ1n) is 8.15. The lowest BCUT2D eigenvalue weighted by molar-refractivity contribution is -0.124. The van der Waals surface area contributed by atoms with Crippen LogP contribution in [0.3, 0.4) is 0 Å². The molecule has 0 aliphatic carbocycles. The molecule has 1 aliphatic rings. The number of aryl methyl sites for hydroxylation is 1. The molecule has 1 aromatic heterocycles. The first-order chi connectivity index (χ1) is 11.6. The largest absolute Gasteiger partial charge is 0.441 e. The average Bonchev–Trinajstić information content (AvgIpc) is 3.18. The van der Waals surface area contributed by atoms with Crippen LogP contribution >= 0.6 is 0 Å². The van der Waals surface area contributed by atoms with Gasteiger partial charge in [-0.05, 0) is 31.0 Å². The fourth-order valence-electron chi connectivity index (χ4n) is 2.69. The van der Waals surface area contributed by atoms with Crippen molar-refractivity contribution in [3.05, 3.63) is 24.1 Å². The second kappa shape index (κ2) is 7.44. The van der Waals surface area contributed by atoms with Crippen molar-refractivity contribution in [3.63, 3.8) is 0 Å². The van der Waals surface area contributed by atoms with Crippen LogP contribution in [0.2, 0.25) is 0 Å². The fraction of sp³-hybridized carbons (Fsp3) is 0.471. The van der Waals surface area contributed by atoms with Crippen molar-refractivity contribution < 1.29 is 18.7 Å². The highest BCUT2D eigenvalue weighted by atomic mass is 16.5. The zero-order valence-electron chi connectivity index (χ0n) is 13.6.